The highest BCUT2D eigenvalue weighted by Crippen LogP contribution is 2.15. The molecular weight excluding hydrogens is 326 g/mol. The highest BCUT2D eigenvalue weighted by Gasteiger charge is 2.20. The molecule has 0 fully saturated rings. The van der Waals surface area contributed by atoms with Gasteiger partial charge in [0.05, 0.1) is 18.9 Å². The first-order chi connectivity index (χ1) is 9.60. The molecule has 20 heavy (non-hydrogen) atoms. The third-order valence-electron chi connectivity index (χ3n) is 2.32. The Balaban J connectivity index is 2.92. The minimum atomic E-state index is -0.682. The second-order valence-corrected chi connectivity index (χ2v) is 4.55. The standard InChI is InChI=1S/C14H16BrNO4/c1-3-19-13(17)10(14(18)20-4-2)7-8-12-11(15)6-5-9-16-12/h5-7,9H,3-4,8H2,1-2H3. The van der Waals surface area contributed by atoms with Gasteiger partial charge in [-0.05, 0) is 41.9 Å². The van der Waals surface area contributed by atoms with Gasteiger partial charge in [-0.2, -0.15) is 0 Å². The van der Waals surface area contributed by atoms with E-state index in [0.29, 0.717) is 6.42 Å². The van der Waals surface area contributed by atoms with Gasteiger partial charge in [0.25, 0.3) is 0 Å². The Hall–Kier alpha value is -1.69. The molecule has 6 heteroatoms. The molecule has 0 spiro atoms. The van der Waals surface area contributed by atoms with E-state index in [0.717, 1.165) is 10.2 Å². The summed E-state index contributed by atoms with van der Waals surface area (Å²) in [5.74, 6) is -1.36. The monoisotopic (exact) mass is 341 g/mol. The van der Waals surface area contributed by atoms with Crippen LogP contribution in [0.3, 0.4) is 0 Å². The van der Waals surface area contributed by atoms with Crippen LogP contribution in [0.4, 0.5) is 0 Å². The summed E-state index contributed by atoms with van der Waals surface area (Å²) in [6.07, 6.45) is 3.44. The molecule has 0 saturated heterocycles. The molecule has 0 aromatic carbocycles. The zero-order valence-electron chi connectivity index (χ0n) is 11.4. The molecule has 0 atom stereocenters. The number of nitrogens with zero attached hydrogens (tertiary/aromatic N) is 1. The lowest BCUT2D eigenvalue weighted by Gasteiger charge is -2.06. The average Bonchev–Trinajstić information content (AvgIpc) is 2.41. The van der Waals surface area contributed by atoms with Gasteiger partial charge in [0.15, 0.2) is 0 Å². The molecule has 0 aliphatic carbocycles. The number of ether oxygens (including phenoxy) is 2. The number of carbonyl (C=O) groups is 2. The van der Waals surface area contributed by atoms with Gasteiger partial charge in [-0.3, -0.25) is 4.98 Å². The van der Waals surface area contributed by atoms with Crippen LogP contribution in [0.5, 0.6) is 0 Å². The molecule has 0 radical (unpaired) electrons. The van der Waals surface area contributed by atoms with Crippen LogP contribution in [-0.4, -0.2) is 30.1 Å². The molecule has 0 aliphatic heterocycles. The summed E-state index contributed by atoms with van der Waals surface area (Å²) in [6.45, 7) is 3.75. The summed E-state index contributed by atoms with van der Waals surface area (Å²) >= 11 is 3.36. The van der Waals surface area contributed by atoms with Crippen molar-refractivity contribution < 1.29 is 19.1 Å². The van der Waals surface area contributed by atoms with Crippen molar-refractivity contribution in [2.24, 2.45) is 0 Å². The van der Waals surface area contributed by atoms with Gasteiger partial charge in [0.2, 0.25) is 0 Å². The summed E-state index contributed by atoms with van der Waals surface area (Å²) < 4.78 is 10.5. The van der Waals surface area contributed by atoms with E-state index < -0.39 is 11.9 Å². The Labute approximate surface area is 126 Å². The molecule has 1 rings (SSSR count). The van der Waals surface area contributed by atoms with E-state index in [1.807, 2.05) is 6.07 Å². The first kappa shape index (κ1) is 16.4. The van der Waals surface area contributed by atoms with Gasteiger partial charge in [0, 0.05) is 17.1 Å². The first-order valence-electron chi connectivity index (χ1n) is 6.23. The molecule has 0 unspecified atom stereocenters. The number of halogens is 1. The Morgan fingerprint density at radius 3 is 2.35 bits per heavy atom. The number of allylic oxidation sites excluding steroid dienone is 1. The molecule has 1 aromatic heterocycles. The van der Waals surface area contributed by atoms with Crippen LogP contribution in [0.1, 0.15) is 19.5 Å². The van der Waals surface area contributed by atoms with Crippen molar-refractivity contribution in [3.8, 4) is 0 Å². The van der Waals surface area contributed by atoms with Gasteiger partial charge in [-0.25, -0.2) is 9.59 Å². The Morgan fingerprint density at radius 1 is 1.25 bits per heavy atom. The molecular formula is C14H16BrNO4. The predicted molar refractivity (Wildman–Crippen MR) is 77.0 cm³/mol. The summed E-state index contributed by atoms with van der Waals surface area (Å²) in [5.41, 5.74) is 0.616. The lowest BCUT2D eigenvalue weighted by Crippen LogP contribution is -2.18. The maximum absolute atomic E-state index is 11.7. The molecule has 1 aromatic rings. The van der Waals surface area contributed by atoms with Crippen molar-refractivity contribution in [2.45, 2.75) is 20.3 Å². The lowest BCUT2D eigenvalue weighted by molar-refractivity contribution is -0.146. The lowest BCUT2D eigenvalue weighted by atomic mass is 10.2. The maximum atomic E-state index is 11.7. The largest absolute Gasteiger partial charge is 0.462 e. The quantitative estimate of drug-likeness (QED) is 0.344. The zero-order valence-corrected chi connectivity index (χ0v) is 13.0. The second kappa shape index (κ2) is 8.47. The van der Waals surface area contributed by atoms with E-state index in [2.05, 4.69) is 20.9 Å². The molecule has 0 amide bonds. The van der Waals surface area contributed by atoms with Crippen molar-refractivity contribution in [2.75, 3.05) is 13.2 Å². The fourth-order valence-corrected chi connectivity index (χ4v) is 1.85. The SMILES string of the molecule is CCOC(=O)C(=CCc1ncccc1Br)C(=O)OCC. The Kier molecular flexibility index (Phi) is 6.93. The van der Waals surface area contributed by atoms with Crippen LogP contribution < -0.4 is 0 Å². The van der Waals surface area contributed by atoms with E-state index in [9.17, 15) is 9.59 Å². The predicted octanol–water partition coefficient (Wildman–Crippen LogP) is 2.44. The number of pyridine rings is 1. The van der Waals surface area contributed by atoms with Crippen LogP contribution in [-0.2, 0) is 25.5 Å². The fourth-order valence-electron chi connectivity index (χ4n) is 1.44. The van der Waals surface area contributed by atoms with Crippen molar-refractivity contribution >= 4 is 27.9 Å². The second-order valence-electron chi connectivity index (χ2n) is 3.69. The van der Waals surface area contributed by atoms with Crippen LogP contribution >= 0.6 is 15.9 Å². The smallest absolute Gasteiger partial charge is 0.345 e. The van der Waals surface area contributed by atoms with E-state index in [-0.39, 0.29) is 18.8 Å². The van der Waals surface area contributed by atoms with Gasteiger partial charge in [-0.15, -0.1) is 0 Å². The van der Waals surface area contributed by atoms with E-state index >= 15 is 0 Å². The molecule has 5 nitrogen and oxygen atoms in total. The number of carbonyl (C=O) groups excluding carboxylic acids is 2. The fraction of sp³-hybridized carbons (Fsp3) is 0.357. The third-order valence-corrected chi connectivity index (χ3v) is 3.05. The molecule has 0 bridgehead atoms. The van der Waals surface area contributed by atoms with Gasteiger partial charge < -0.3 is 9.47 Å². The minimum absolute atomic E-state index is 0.105. The molecule has 0 saturated carbocycles. The van der Waals surface area contributed by atoms with E-state index in [4.69, 9.17) is 9.47 Å². The third kappa shape index (κ3) is 4.77. The number of rotatable bonds is 6. The highest BCUT2D eigenvalue weighted by atomic mass is 79.9. The van der Waals surface area contributed by atoms with Crippen molar-refractivity contribution in [1.29, 1.82) is 0 Å². The Bertz CT molecular complexity index is 494. The van der Waals surface area contributed by atoms with Crippen molar-refractivity contribution in [1.82, 2.24) is 4.98 Å². The molecule has 0 aliphatic rings. The summed E-state index contributed by atoms with van der Waals surface area (Å²) in [4.78, 5) is 27.6. The van der Waals surface area contributed by atoms with Gasteiger partial charge in [0.1, 0.15) is 5.57 Å². The van der Waals surface area contributed by atoms with Crippen LogP contribution in [0.25, 0.3) is 0 Å². The maximum Gasteiger partial charge on any atom is 0.345 e. The van der Waals surface area contributed by atoms with E-state index in [1.165, 1.54) is 6.08 Å². The van der Waals surface area contributed by atoms with Crippen molar-refractivity contribution in [3.05, 3.63) is 40.1 Å². The van der Waals surface area contributed by atoms with Crippen LogP contribution in [0.15, 0.2) is 34.5 Å². The number of aromatic nitrogens is 1. The first-order valence-corrected chi connectivity index (χ1v) is 7.03. The van der Waals surface area contributed by atoms with E-state index in [1.54, 1.807) is 26.1 Å². The topological polar surface area (TPSA) is 65.5 Å². The molecule has 1 heterocycles. The normalized spacial score (nSPS) is 9.75. The number of esters is 2. The summed E-state index contributed by atoms with van der Waals surface area (Å²) in [7, 11) is 0. The highest BCUT2D eigenvalue weighted by molar-refractivity contribution is 9.10. The molecule has 0 N–H and O–H groups in total. The van der Waals surface area contributed by atoms with Gasteiger partial charge in [-0.1, -0.05) is 6.08 Å². The average molecular weight is 342 g/mol. The zero-order chi connectivity index (χ0) is 15.0. The number of hydrogen-bond acceptors (Lipinski definition) is 5. The van der Waals surface area contributed by atoms with Gasteiger partial charge >= 0.3 is 11.9 Å². The summed E-state index contributed by atoms with van der Waals surface area (Å²) in [5, 5.41) is 0. The molecule has 108 valence electrons. The van der Waals surface area contributed by atoms with Crippen molar-refractivity contribution in [3.63, 3.8) is 0 Å². The Morgan fingerprint density at radius 2 is 1.85 bits per heavy atom. The van der Waals surface area contributed by atoms with Crippen LogP contribution in [0, 0.1) is 0 Å². The van der Waals surface area contributed by atoms with Crippen LogP contribution in [0.2, 0.25) is 0 Å². The number of hydrogen-bond donors (Lipinski definition) is 0. The summed E-state index contributed by atoms with van der Waals surface area (Å²) in [6, 6.07) is 3.62. The minimum Gasteiger partial charge on any atom is -0.462 e.